The summed E-state index contributed by atoms with van der Waals surface area (Å²) in [7, 11) is 0. The third-order valence-electron chi connectivity index (χ3n) is 5.99. The Hall–Kier alpha value is -2.31. The maximum atomic E-state index is 12.9. The normalized spacial score (nSPS) is 28.0. The van der Waals surface area contributed by atoms with Crippen molar-refractivity contribution in [3.8, 4) is 0 Å². The van der Waals surface area contributed by atoms with Gasteiger partial charge in [-0.15, -0.1) is 0 Å². The molecule has 6 nitrogen and oxygen atoms in total. The van der Waals surface area contributed by atoms with Gasteiger partial charge < -0.3 is 9.64 Å². The zero-order valence-electron chi connectivity index (χ0n) is 14.6. The zero-order chi connectivity index (χ0) is 17.5. The van der Waals surface area contributed by atoms with Gasteiger partial charge >= 0.3 is 0 Å². The van der Waals surface area contributed by atoms with Crippen LogP contribution in [0, 0.1) is 5.92 Å². The Kier molecular flexibility index (Phi) is 3.94. The predicted molar refractivity (Wildman–Crippen MR) is 95.7 cm³/mol. The molecule has 0 unspecified atom stereocenters. The number of carbonyl (C=O) groups excluding carboxylic acids is 1. The number of hydrogen-bond acceptors (Lipinski definition) is 5. The van der Waals surface area contributed by atoms with Crippen LogP contribution in [0.25, 0.3) is 0 Å². The van der Waals surface area contributed by atoms with Crippen molar-refractivity contribution in [2.24, 2.45) is 5.92 Å². The van der Waals surface area contributed by atoms with Gasteiger partial charge in [-0.1, -0.05) is 24.3 Å². The van der Waals surface area contributed by atoms with Gasteiger partial charge in [0.1, 0.15) is 5.69 Å². The van der Waals surface area contributed by atoms with Gasteiger partial charge in [0, 0.05) is 56.5 Å². The van der Waals surface area contributed by atoms with Crippen LogP contribution in [-0.4, -0.2) is 65.1 Å². The van der Waals surface area contributed by atoms with E-state index in [9.17, 15) is 4.79 Å². The average Bonchev–Trinajstić information content (AvgIpc) is 3.26. The summed E-state index contributed by atoms with van der Waals surface area (Å²) in [6.45, 7) is 5.03. The maximum Gasteiger partial charge on any atom is 0.274 e. The standard InChI is InChI=1S/C20H22N4O2/c25-20(18-11-21-5-6-22-18)24-12-16-14-3-1-2-4-15(14)19(17(16)13-24)23-7-9-26-10-8-23/h1-6,11,16-17,19H,7-10,12-13H2/t16-,17-,19-/m0/s1. The van der Waals surface area contributed by atoms with Crippen LogP contribution in [0.5, 0.6) is 0 Å². The second-order valence-electron chi connectivity index (χ2n) is 7.29. The Morgan fingerprint density at radius 1 is 1.08 bits per heavy atom. The van der Waals surface area contributed by atoms with Crippen LogP contribution in [0.2, 0.25) is 0 Å². The molecule has 134 valence electrons. The molecule has 6 heteroatoms. The van der Waals surface area contributed by atoms with E-state index in [0.717, 1.165) is 39.4 Å². The van der Waals surface area contributed by atoms with Crippen molar-refractivity contribution in [2.45, 2.75) is 12.0 Å². The predicted octanol–water partition coefficient (Wildman–Crippen LogP) is 1.72. The number of likely N-dealkylation sites (tertiary alicyclic amines) is 1. The third kappa shape index (κ3) is 2.52. The first kappa shape index (κ1) is 15.9. The molecule has 1 aliphatic carbocycles. The van der Waals surface area contributed by atoms with Gasteiger partial charge in [-0.05, 0) is 11.1 Å². The molecule has 26 heavy (non-hydrogen) atoms. The first-order valence-corrected chi connectivity index (χ1v) is 9.29. The number of fused-ring (bicyclic) bond motifs is 3. The van der Waals surface area contributed by atoms with Crippen LogP contribution >= 0.6 is 0 Å². The molecule has 0 N–H and O–H groups in total. The van der Waals surface area contributed by atoms with Crippen LogP contribution in [0.1, 0.15) is 33.6 Å². The van der Waals surface area contributed by atoms with Crippen molar-refractivity contribution in [3.05, 3.63) is 59.7 Å². The number of benzene rings is 1. The molecule has 2 aromatic rings. The van der Waals surface area contributed by atoms with Crippen LogP contribution in [0.4, 0.5) is 0 Å². The minimum absolute atomic E-state index is 0.00860. The van der Waals surface area contributed by atoms with E-state index < -0.39 is 0 Å². The SMILES string of the molecule is O=C(c1cnccn1)N1C[C@H]2[C@@H](C1)c1ccccc1[C@@H]2N1CCOCC1. The largest absolute Gasteiger partial charge is 0.379 e. The number of aromatic nitrogens is 2. The number of amides is 1. The fraction of sp³-hybridized carbons (Fsp3) is 0.450. The highest BCUT2D eigenvalue weighted by Crippen LogP contribution is 2.51. The Morgan fingerprint density at radius 3 is 2.65 bits per heavy atom. The number of hydrogen-bond donors (Lipinski definition) is 0. The molecule has 2 fully saturated rings. The number of ether oxygens (including phenoxy) is 1. The summed E-state index contributed by atoms with van der Waals surface area (Å²) in [5.41, 5.74) is 3.28. The van der Waals surface area contributed by atoms with E-state index >= 15 is 0 Å². The van der Waals surface area contributed by atoms with E-state index in [1.54, 1.807) is 18.6 Å². The average molecular weight is 350 g/mol. The van der Waals surface area contributed by atoms with Crippen LogP contribution in [-0.2, 0) is 4.74 Å². The summed E-state index contributed by atoms with van der Waals surface area (Å²) in [4.78, 5) is 25.6. The molecule has 2 aliphatic heterocycles. The number of morpholine rings is 1. The Balaban J connectivity index is 1.45. The molecule has 0 saturated carbocycles. The van der Waals surface area contributed by atoms with Gasteiger partial charge in [-0.3, -0.25) is 14.7 Å². The smallest absolute Gasteiger partial charge is 0.274 e. The highest BCUT2D eigenvalue weighted by atomic mass is 16.5. The van der Waals surface area contributed by atoms with E-state index in [1.165, 1.54) is 11.1 Å². The first-order chi connectivity index (χ1) is 12.8. The van der Waals surface area contributed by atoms with Crippen LogP contribution in [0.15, 0.2) is 42.9 Å². The molecular weight excluding hydrogens is 328 g/mol. The molecular formula is C20H22N4O2. The van der Waals surface area contributed by atoms with E-state index in [2.05, 4.69) is 39.1 Å². The lowest BCUT2D eigenvalue weighted by atomic mass is 9.93. The first-order valence-electron chi connectivity index (χ1n) is 9.29. The quantitative estimate of drug-likeness (QED) is 0.825. The van der Waals surface area contributed by atoms with Crippen LogP contribution < -0.4 is 0 Å². The lowest BCUT2D eigenvalue weighted by Crippen LogP contribution is -2.42. The fourth-order valence-corrected chi connectivity index (χ4v) is 4.89. The molecule has 0 radical (unpaired) electrons. The lowest BCUT2D eigenvalue weighted by Gasteiger charge is -2.36. The minimum Gasteiger partial charge on any atom is -0.379 e. The highest BCUT2D eigenvalue weighted by Gasteiger charge is 2.49. The summed E-state index contributed by atoms with van der Waals surface area (Å²) in [6, 6.07) is 9.13. The van der Waals surface area contributed by atoms with Crippen LogP contribution in [0.3, 0.4) is 0 Å². The molecule has 3 heterocycles. The molecule has 2 saturated heterocycles. The molecule has 3 atom stereocenters. The van der Waals surface area contributed by atoms with Crippen molar-refractivity contribution < 1.29 is 9.53 Å². The van der Waals surface area contributed by atoms with Gasteiger partial charge in [0.2, 0.25) is 0 Å². The van der Waals surface area contributed by atoms with Crippen molar-refractivity contribution in [1.82, 2.24) is 19.8 Å². The lowest BCUT2D eigenvalue weighted by molar-refractivity contribution is 0.00481. The van der Waals surface area contributed by atoms with E-state index in [0.29, 0.717) is 23.6 Å². The number of nitrogens with zero attached hydrogens (tertiary/aromatic N) is 4. The van der Waals surface area contributed by atoms with Gasteiger partial charge in [-0.2, -0.15) is 0 Å². The Morgan fingerprint density at radius 2 is 1.88 bits per heavy atom. The molecule has 0 bridgehead atoms. The monoisotopic (exact) mass is 350 g/mol. The summed E-state index contributed by atoms with van der Waals surface area (Å²) < 4.78 is 5.55. The summed E-state index contributed by atoms with van der Waals surface area (Å²) in [5, 5.41) is 0. The van der Waals surface area contributed by atoms with Crippen molar-refractivity contribution in [3.63, 3.8) is 0 Å². The molecule has 5 rings (SSSR count). The molecule has 1 aromatic heterocycles. The molecule has 1 amide bonds. The Bertz CT molecular complexity index is 806. The third-order valence-corrected chi connectivity index (χ3v) is 5.99. The number of rotatable bonds is 2. The second kappa shape index (κ2) is 6.45. The second-order valence-corrected chi connectivity index (χ2v) is 7.29. The summed E-state index contributed by atoms with van der Waals surface area (Å²) in [5.74, 6) is 0.830. The van der Waals surface area contributed by atoms with E-state index in [-0.39, 0.29) is 5.91 Å². The minimum atomic E-state index is -0.00860. The fourth-order valence-electron chi connectivity index (χ4n) is 4.89. The van der Waals surface area contributed by atoms with Crippen molar-refractivity contribution in [1.29, 1.82) is 0 Å². The summed E-state index contributed by atoms with van der Waals surface area (Å²) >= 11 is 0. The van der Waals surface area contributed by atoms with Gasteiger partial charge in [0.25, 0.3) is 5.91 Å². The molecule has 1 aromatic carbocycles. The topological polar surface area (TPSA) is 58.6 Å². The van der Waals surface area contributed by atoms with Crippen molar-refractivity contribution >= 4 is 5.91 Å². The zero-order valence-corrected chi connectivity index (χ0v) is 14.6. The Labute approximate surface area is 152 Å². The van der Waals surface area contributed by atoms with Gasteiger partial charge in [0.15, 0.2) is 0 Å². The molecule has 3 aliphatic rings. The van der Waals surface area contributed by atoms with E-state index in [1.807, 2.05) is 4.90 Å². The highest BCUT2D eigenvalue weighted by molar-refractivity contribution is 5.92. The van der Waals surface area contributed by atoms with Gasteiger partial charge in [-0.25, -0.2) is 4.98 Å². The summed E-state index contributed by atoms with van der Waals surface area (Å²) in [6.07, 6.45) is 4.74. The van der Waals surface area contributed by atoms with Gasteiger partial charge in [0.05, 0.1) is 19.4 Å². The van der Waals surface area contributed by atoms with E-state index in [4.69, 9.17) is 4.74 Å². The number of carbonyl (C=O) groups is 1. The molecule has 0 spiro atoms. The van der Waals surface area contributed by atoms with Crippen molar-refractivity contribution in [2.75, 3.05) is 39.4 Å². The maximum absolute atomic E-state index is 12.9.